The Labute approximate surface area is 534 Å². The standard InChI is InChI=1S/C67H82N6O19/c1-67(2,3)92-61(79)41-69-62(80)52(73-66(84)91-51-27-17-8-18-28-51)29-33-56(74)68-37-38-85-39-40-86-46-58(76)70-53(63(81)72-55(65(83)90-45-50-25-15-7-16-26-50)32-36-60(78)88-43-48-21-11-5-12-22-48)30-34-57(75)71-54(64(82)89-44-49-23-13-6-14-24-49)31-35-59(77)87-42-47-19-9-4-10-20-47/h4-28,52-55,59,77H,29-46H2,1-3H3,(H,68,74)(H,69,80)(H,70,76)(H,71,75)(H,72,81)(H,73,84). The molecule has 5 unspecified atom stereocenters. The summed E-state index contributed by atoms with van der Waals surface area (Å²) in [6.07, 6.45) is -4.40. The molecule has 0 bridgehead atoms. The number of ether oxygens (including phenoxy) is 8. The van der Waals surface area contributed by atoms with Crippen LogP contribution in [0.4, 0.5) is 4.79 Å². The fourth-order valence-corrected chi connectivity index (χ4v) is 8.41. The summed E-state index contributed by atoms with van der Waals surface area (Å²) < 4.78 is 43.7. The molecule has 0 radical (unpaired) electrons. The number of carbonyl (C=O) groups is 10. The van der Waals surface area contributed by atoms with Crippen LogP contribution in [0.15, 0.2) is 152 Å². The first kappa shape index (κ1) is 73.2. The average Bonchev–Trinajstić information content (AvgIpc) is 1.78. The predicted molar refractivity (Wildman–Crippen MR) is 332 cm³/mol. The maximum absolute atomic E-state index is 14.3. The topological polar surface area (TPSA) is 337 Å². The molecule has 92 heavy (non-hydrogen) atoms. The molecule has 7 N–H and O–H groups in total. The van der Waals surface area contributed by atoms with Crippen molar-refractivity contribution in [1.82, 2.24) is 31.9 Å². The molecule has 0 spiro atoms. The van der Waals surface area contributed by atoms with E-state index in [2.05, 4.69) is 31.9 Å². The maximum Gasteiger partial charge on any atom is 0.413 e. The molecule has 5 atom stereocenters. The van der Waals surface area contributed by atoms with Gasteiger partial charge in [-0.3, -0.25) is 33.6 Å². The third-order valence-corrected chi connectivity index (χ3v) is 13.1. The SMILES string of the molecule is CC(C)(C)OC(=O)CNC(=O)C(CCC(=O)NCCOCCOCC(=O)NC(CCC(=O)NC(CCC(O)OCc1ccccc1)C(=O)OCc1ccccc1)C(=O)NC(CCC(=O)OCc1ccccc1)C(=O)OCc1ccccc1)NC(=O)Oc1ccccc1. The van der Waals surface area contributed by atoms with Crippen molar-refractivity contribution in [3.8, 4) is 5.75 Å². The van der Waals surface area contributed by atoms with E-state index in [4.69, 9.17) is 37.9 Å². The summed E-state index contributed by atoms with van der Waals surface area (Å²) in [4.78, 5) is 133. The van der Waals surface area contributed by atoms with Gasteiger partial charge in [0.15, 0.2) is 6.29 Å². The number of hydrogen-bond acceptors (Lipinski definition) is 19. The van der Waals surface area contributed by atoms with Crippen LogP contribution in [-0.2, 0) is 103 Å². The third-order valence-electron chi connectivity index (χ3n) is 13.1. The van der Waals surface area contributed by atoms with Gasteiger partial charge in [-0.1, -0.05) is 140 Å². The van der Waals surface area contributed by atoms with Gasteiger partial charge in [-0.25, -0.2) is 14.4 Å². The van der Waals surface area contributed by atoms with Crippen molar-refractivity contribution in [2.45, 2.75) is 135 Å². The highest BCUT2D eigenvalue weighted by Crippen LogP contribution is 2.15. The van der Waals surface area contributed by atoms with Gasteiger partial charge >= 0.3 is 30.0 Å². The van der Waals surface area contributed by atoms with Crippen LogP contribution in [0.5, 0.6) is 5.75 Å². The smallest absolute Gasteiger partial charge is 0.413 e. The van der Waals surface area contributed by atoms with Gasteiger partial charge in [-0.05, 0) is 80.8 Å². The normalized spacial score (nSPS) is 12.6. The summed E-state index contributed by atoms with van der Waals surface area (Å²) in [5.41, 5.74) is 2.02. The Hall–Kier alpha value is -9.56. The second-order valence-electron chi connectivity index (χ2n) is 21.8. The van der Waals surface area contributed by atoms with Crippen molar-refractivity contribution < 1.29 is 90.9 Å². The molecular formula is C67H82N6O19. The van der Waals surface area contributed by atoms with Gasteiger partial charge in [0.1, 0.15) is 68.5 Å². The Morgan fingerprint density at radius 1 is 0.435 bits per heavy atom. The lowest BCUT2D eigenvalue weighted by Crippen LogP contribution is -2.53. The Bertz CT molecular complexity index is 3090. The fraction of sp³-hybridized carbons (Fsp3) is 0.403. The highest BCUT2D eigenvalue weighted by Gasteiger charge is 2.31. The van der Waals surface area contributed by atoms with Crippen molar-refractivity contribution in [2.24, 2.45) is 0 Å². The van der Waals surface area contributed by atoms with Crippen molar-refractivity contribution >= 4 is 59.5 Å². The fourth-order valence-electron chi connectivity index (χ4n) is 8.41. The molecule has 0 saturated heterocycles. The Morgan fingerprint density at radius 2 is 0.902 bits per heavy atom. The lowest BCUT2D eigenvalue weighted by atomic mass is 10.1. The van der Waals surface area contributed by atoms with Crippen molar-refractivity contribution in [2.75, 3.05) is 39.5 Å². The second kappa shape index (κ2) is 40.9. The predicted octanol–water partition coefficient (Wildman–Crippen LogP) is 5.09. The highest BCUT2D eigenvalue weighted by molar-refractivity contribution is 5.92. The monoisotopic (exact) mass is 1270 g/mol. The molecule has 5 aromatic carbocycles. The van der Waals surface area contributed by atoms with Gasteiger partial charge in [0.05, 0.1) is 26.4 Å². The summed E-state index contributed by atoms with van der Waals surface area (Å²) in [6, 6.07) is 38.1. The van der Waals surface area contributed by atoms with Crippen molar-refractivity contribution in [1.29, 1.82) is 0 Å². The number of aliphatic hydroxyl groups is 1. The van der Waals surface area contributed by atoms with Crippen LogP contribution in [-0.4, -0.2) is 140 Å². The van der Waals surface area contributed by atoms with Crippen LogP contribution in [0.2, 0.25) is 0 Å². The number of para-hydroxylation sites is 1. The Morgan fingerprint density at radius 3 is 1.46 bits per heavy atom. The Kier molecular flexibility index (Phi) is 32.6. The van der Waals surface area contributed by atoms with E-state index in [0.29, 0.717) is 11.1 Å². The van der Waals surface area contributed by atoms with Gasteiger partial charge < -0.3 is 74.9 Å². The van der Waals surface area contributed by atoms with Gasteiger partial charge in [0.2, 0.25) is 29.5 Å². The third kappa shape index (κ3) is 31.3. The zero-order valence-electron chi connectivity index (χ0n) is 51.8. The van der Waals surface area contributed by atoms with Crippen LogP contribution in [0.1, 0.15) is 94.4 Å². The van der Waals surface area contributed by atoms with Crippen molar-refractivity contribution in [3.63, 3.8) is 0 Å². The molecule has 25 heteroatoms. The van der Waals surface area contributed by atoms with Crippen LogP contribution in [0.3, 0.4) is 0 Å². The minimum absolute atomic E-state index is 0.0129. The van der Waals surface area contributed by atoms with Crippen LogP contribution >= 0.6 is 0 Å². The first-order valence-corrected chi connectivity index (χ1v) is 30.1. The number of esters is 4. The molecule has 494 valence electrons. The molecular weight excluding hydrogens is 1190 g/mol. The van der Waals surface area contributed by atoms with Crippen LogP contribution < -0.4 is 36.6 Å². The number of nitrogens with one attached hydrogen (secondary N) is 6. The number of rotatable bonds is 40. The molecule has 0 saturated carbocycles. The first-order chi connectivity index (χ1) is 44.3. The van der Waals surface area contributed by atoms with E-state index in [0.717, 1.165) is 11.1 Å². The van der Waals surface area contributed by atoms with E-state index in [1.54, 1.807) is 130 Å². The zero-order chi connectivity index (χ0) is 66.4. The summed E-state index contributed by atoms with van der Waals surface area (Å²) >= 11 is 0. The van der Waals surface area contributed by atoms with Crippen molar-refractivity contribution in [3.05, 3.63) is 174 Å². The molecule has 25 nitrogen and oxygen atoms in total. The molecule has 0 aliphatic heterocycles. The first-order valence-electron chi connectivity index (χ1n) is 30.1. The van der Waals surface area contributed by atoms with Crippen LogP contribution in [0.25, 0.3) is 0 Å². The number of amides is 6. The average molecular weight is 1280 g/mol. The lowest BCUT2D eigenvalue weighted by Gasteiger charge is -2.23. The molecule has 6 amide bonds. The lowest BCUT2D eigenvalue weighted by molar-refractivity contribution is -0.155. The molecule has 5 aromatic rings. The zero-order valence-corrected chi connectivity index (χ0v) is 51.8. The number of benzene rings is 5. The molecule has 0 aliphatic carbocycles. The minimum atomic E-state index is -1.52. The second-order valence-corrected chi connectivity index (χ2v) is 21.8. The minimum Gasteiger partial charge on any atom is -0.461 e. The maximum atomic E-state index is 14.3. The molecule has 0 heterocycles. The summed E-state index contributed by atoms with van der Waals surface area (Å²) in [5.74, 6) is -6.67. The van der Waals surface area contributed by atoms with Gasteiger partial charge in [-0.15, -0.1) is 0 Å². The summed E-state index contributed by atoms with van der Waals surface area (Å²) in [7, 11) is 0. The van der Waals surface area contributed by atoms with E-state index in [1.807, 2.05) is 30.3 Å². The van der Waals surface area contributed by atoms with Gasteiger partial charge in [0, 0.05) is 32.2 Å². The number of aliphatic hydroxyl groups excluding tert-OH is 1. The van der Waals surface area contributed by atoms with E-state index in [-0.39, 0.29) is 97.1 Å². The number of hydrogen-bond donors (Lipinski definition) is 7. The van der Waals surface area contributed by atoms with Crippen LogP contribution in [0, 0.1) is 0 Å². The quantitative estimate of drug-likeness (QED) is 0.0116. The van der Waals surface area contributed by atoms with E-state index in [1.165, 1.54) is 12.1 Å². The van der Waals surface area contributed by atoms with E-state index < -0.39 is 122 Å². The summed E-state index contributed by atoms with van der Waals surface area (Å²) in [5, 5.41) is 26.0. The largest absolute Gasteiger partial charge is 0.461 e. The molecule has 0 aliphatic rings. The van der Waals surface area contributed by atoms with E-state index in [9.17, 15) is 53.1 Å². The summed E-state index contributed by atoms with van der Waals surface area (Å²) in [6.45, 7) is 3.40. The Balaban J connectivity index is 1.18. The molecule has 0 fully saturated rings. The molecule has 5 rings (SSSR count). The molecule has 0 aromatic heterocycles. The number of carbonyl (C=O) groups excluding carboxylic acids is 10. The van der Waals surface area contributed by atoms with E-state index >= 15 is 0 Å². The van der Waals surface area contributed by atoms with Gasteiger partial charge in [0.25, 0.3) is 0 Å². The van der Waals surface area contributed by atoms with Gasteiger partial charge in [-0.2, -0.15) is 0 Å². The highest BCUT2D eigenvalue weighted by atomic mass is 16.6.